The van der Waals surface area contributed by atoms with E-state index in [4.69, 9.17) is 10.2 Å². The molecule has 8 nitrogen and oxygen atoms in total. The topological polar surface area (TPSA) is 131 Å². The van der Waals surface area contributed by atoms with Crippen molar-refractivity contribution in [2.75, 3.05) is 0 Å². The zero-order valence-corrected chi connectivity index (χ0v) is 16.7. The summed E-state index contributed by atoms with van der Waals surface area (Å²) in [5.74, 6) is -0.559. The molecule has 0 bridgehead atoms. The maximum Gasteiger partial charge on any atom is 0.347 e. The van der Waals surface area contributed by atoms with Gasteiger partial charge in [-0.15, -0.1) is 0 Å². The number of carbonyl (C=O) groups excluding carboxylic acids is 1. The van der Waals surface area contributed by atoms with E-state index in [1.54, 1.807) is 12.1 Å². The average Bonchev–Trinajstić information content (AvgIpc) is 2.75. The number of phenols is 1. The minimum absolute atomic E-state index is 0.0279. The van der Waals surface area contributed by atoms with Gasteiger partial charge in [-0.1, -0.05) is 26.2 Å². The number of hydrogen-bond donors (Lipinski definition) is 3. The Morgan fingerprint density at radius 1 is 1.20 bits per heavy atom. The number of unbranched alkanes of at least 4 members (excludes halogenated alkanes) is 3. The number of nitrogens with zero attached hydrogens (tertiary/aromatic N) is 2. The van der Waals surface area contributed by atoms with Crippen LogP contribution in [0.25, 0.3) is 11.0 Å². The van der Waals surface area contributed by atoms with E-state index in [1.165, 1.54) is 30.6 Å². The van der Waals surface area contributed by atoms with Gasteiger partial charge in [0.25, 0.3) is 5.91 Å². The largest absolute Gasteiger partial charge is 0.508 e. The van der Waals surface area contributed by atoms with Crippen LogP contribution in [0.3, 0.4) is 0 Å². The van der Waals surface area contributed by atoms with Crippen LogP contribution in [-0.4, -0.2) is 21.8 Å². The Morgan fingerprint density at radius 3 is 2.70 bits per heavy atom. The zero-order chi connectivity index (χ0) is 21.5. The van der Waals surface area contributed by atoms with E-state index in [-0.39, 0.29) is 22.7 Å². The van der Waals surface area contributed by atoms with Crippen molar-refractivity contribution in [2.45, 2.75) is 39.0 Å². The van der Waals surface area contributed by atoms with Gasteiger partial charge in [-0.05, 0) is 42.7 Å². The van der Waals surface area contributed by atoms with E-state index in [1.807, 2.05) is 0 Å². The van der Waals surface area contributed by atoms with Gasteiger partial charge in [-0.2, -0.15) is 5.10 Å². The van der Waals surface area contributed by atoms with Crippen LogP contribution in [0.15, 0.2) is 57.0 Å². The van der Waals surface area contributed by atoms with Crippen LogP contribution < -0.4 is 16.8 Å². The van der Waals surface area contributed by atoms with Gasteiger partial charge in [0.2, 0.25) is 0 Å². The Labute approximate surface area is 173 Å². The first-order valence-corrected chi connectivity index (χ1v) is 9.83. The van der Waals surface area contributed by atoms with Crippen molar-refractivity contribution in [1.82, 2.24) is 10.4 Å². The summed E-state index contributed by atoms with van der Waals surface area (Å²) in [5.41, 5.74) is 8.92. The van der Waals surface area contributed by atoms with Gasteiger partial charge in [0.05, 0.1) is 0 Å². The first-order chi connectivity index (χ1) is 14.5. The molecule has 8 heteroatoms. The number of hydrazone groups is 1. The molecular formula is C22H24N4O4. The lowest BCUT2D eigenvalue weighted by atomic mass is 10.0. The molecule has 0 saturated carbocycles. The van der Waals surface area contributed by atoms with Crippen molar-refractivity contribution in [1.29, 1.82) is 0 Å². The number of phenolic OH excluding ortho intramolecular Hbond substituents is 1. The normalized spacial score (nSPS) is 11.6. The maximum atomic E-state index is 12.3. The molecule has 0 spiro atoms. The van der Waals surface area contributed by atoms with Crippen molar-refractivity contribution in [3.05, 3.63) is 69.8 Å². The molecule has 1 amide bonds. The number of hydrogen-bond acceptors (Lipinski definition) is 6. The molecule has 156 valence electrons. The molecule has 2 aromatic heterocycles. The third kappa shape index (κ3) is 5.02. The fraction of sp³-hybridized carbons (Fsp3) is 0.273. The van der Waals surface area contributed by atoms with Crippen LogP contribution in [0.4, 0.5) is 0 Å². The zero-order valence-electron chi connectivity index (χ0n) is 16.7. The summed E-state index contributed by atoms with van der Waals surface area (Å²) in [6, 6.07) is 7.83. The number of amides is 1. The van der Waals surface area contributed by atoms with Gasteiger partial charge in [0.1, 0.15) is 16.9 Å². The van der Waals surface area contributed by atoms with Gasteiger partial charge < -0.3 is 15.3 Å². The van der Waals surface area contributed by atoms with E-state index in [2.05, 4.69) is 22.4 Å². The molecule has 0 fully saturated rings. The van der Waals surface area contributed by atoms with Crippen molar-refractivity contribution in [3.8, 4) is 5.75 Å². The number of aromatic nitrogens is 1. The predicted octanol–water partition coefficient (Wildman–Crippen LogP) is 3.07. The van der Waals surface area contributed by atoms with Crippen molar-refractivity contribution in [2.24, 2.45) is 10.8 Å². The minimum atomic E-state index is -0.711. The monoisotopic (exact) mass is 408 g/mol. The molecule has 2 heterocycles. The summed E-state index contributed by atoms with van der Waals surface area (Å²) in [5, 5.41) is 14.7. The lowest BCUT2D eigenvalue weighted by Gasteiger charge is -2.08. The second-order valence-corrected chi connectivity index (χ2v) is 6.95. The van der Waals surface area contributed by atoms with Gasteiger partial charge in [0, 0.05) is 29.4 Å². The summed E-state index contributed by atoms with van der Waals surface area (Å²) >= 11 is 0. The number of carbonyl (C=O) groups is 1. The van der Waals surface area contributed by atoms with E-state index < -0.39 is 11.5 Å². The fourth-order valence-corrected chi connectivity index (χ4v) is 3.06. The predicted molar refractivity (Wildman–Crippen MR) is 114 cm³/mol. The van der Waals surface area contributed by atoms with Crippen LogP contribution in [-0.2, 0) is 6.42 Å². The fourth-order valence-electron chi connectivity index (χ4n) is 3.06. The number of amidine groups is 1. The lowest BCUT2D eigenvalue weighted by molar-refractivity contribution is 0.0954. The molecular weight excluding hydrogens is 384 g/mol. The number of nitrogens with two attached hydrogens (primary N) is 1. The van der Waals surface area contributed by atoms with Crippen LogP contribution in [0.1, 0.15) is 54.1 Å². The second-order valence-electron chi connectivity index (χ2n) is 6.95. The number of aromatic hydroxyl groups is 1. The van der Waals surface area contributed by atoms with E-state index in [0.29, 0.717) is 10.9 Å². The highest BCUT2D eigenvalue weighted by molar-refractivity contribution is 6.01. The van der Waals surface area contributed by atoms with Crippen molar-refractivity contribution in [3.63, 3.8) is 0 Å². The third-order valence-electron chi connectivity index (χ3n) is 4.73. The van der Waals surface area contributed by atoms with E-state index in [9.17, 15) is 14.7 Å². The SMILES string of the molecule is CCCCCCc1cc2cc(/C(N)=N\NC(=O)c3ccncc3)c(=O)oc2cc1O. The third-order valence-corrected chi connectivity index (χ3v) is 4.73. The van der Waals surface area contributed by atoms with Gasteiger partial charge in [-0.25, -0.2) is 10.2 Å². The maximum absolute atomic E-state index is 12.3. The van der Waals surface area contributed by atoms with Gasteiger partial charge in [-0.3, -0.25) is 9.78 Å². The van der Waals surface area contributed by atoms with E-state index in [0.717, 1.165) is 37.7 Å². The van der Waals surface area contributed by atoms with Gasteiger partial charge >= 0.3 is 5.63 Å². The number of aryl methyl sites for hydroxylation is 1. The molecule has 30 heavy (non-hydrogen) atoms. The van der Waals surface area contributed by atoms with Crippen LogP contribution in [0.2, 0.25) is 0 Å². The molecule has 0 radical (unpaired) electrons. The molecule has 0 unspecified atom stereocenters. The Morgan fingerprint density at radius 2 is 1.97 bits per heavy atom. The van der Waals surface area contributed by atoms with Crippen LogP contribution in [0.5, 0.6) is 5.75 Å². The average molecular weight is 408 g/mol. The highest BCUT2D eigenvalue weighted by atomic mass is 16.4. The smallest absolute Gasteiger partial charge is 0.347 e. The van der Waals surface area contributed by atoms with E-state index >= 15 is 0 Å². The molecule has 0 atom stereocenters. The molecule has 3 rings (SSSR count). The summed E-state index contributed by atoms with van der Waals surface area (Å²) < 4.78 is 5.29. The number of fused-ring (bicyclic) bond motifs is 1. The second kappa shape index (κ2) is 9.69. The molecule has 0 aliphatic rings. The number of benzene rings is 1. The summed E-state index contributed by atoms with van der Waals surface area (Å²) in [6.45, 7) is 2.14. The Hall–Kier alpha value is -3.68. The summed E-state index contributed by atoms with van der Waals surface area (Å²) in [6.07, 6.45) is 8.01. The quantitative estimate of drug-likeness (QED) is 0.173. The Kier molecular flexibility index (Phi) is 6.79. The molecule has 0 aliphatic heterocycles. The first-order valence-electron chi connectivity index (χ1n) is 9.83. The molecule has 4 N–H and O–H groups in total. The van der Waals surface area contributed by atoms with Crippen molar-refractivity contribution >= 4 is 22.7 Å². The Bertz CT molecular complexity index is 1120. The highest BCUT2D eigenvalue weighted by Crippen LogP contribution is 2.26. The molecule has 0 aliphatic carbocycles. The highest BCUT2D eigenvalue weighted by Gasteiger charge is 2.13. The summed E-state index contributed by atoms with van der Waals surface area (Å²) in [4.78, 5) is 28.2. The molecule has 3 aromatic rings. The minimum Gasteiger partial charge on any atom is -0.508 e. The van der Waals surface area contributed by atoms with Gasteiger partial charge in [0.15, 0.2) is 5.84 Å². The number of nitrogens with one attached hydrogen (secondary N) is 1. The van der Waals surface area contributed by atoms with Crippen LogP contribution >= 0.6 is 0 Å². The Balaban J connectivity index is 1.84. The van der Waals surface area contributed by atoms with Crippen molar-refractivity contribution < 1.29 is 14.3 Å². The first kappa shape index (κ1) is 21.0. The number of pyridine rings is 1. The number of rotatable bonds is 8. The molecule has 1 aromatic carbocycles. The molecule has 0 saturated heterocycles. The summed E-state index contributed by atoms with van der Waals surface area (Å²) in [7, 11) is 0. The van der Waals surface area contributed by atoms with Crippen LogP contribution in [0, 0.1) is 0 Å². The standard InChI is InChI=1S/C22H24N4O4/c1-2-3-4-5-6-15-11-16-12-17(22(29)30-19(16)13-18(15)27)20(23)25-26-21(28)14-7-9-24-10-8-14/h7-13,27H,2-6H2,1H3,(H2,23,25)(H,26,28). The lowest BCUT2D eigenvalue weighted by Crippen LogP contribution is -2.27.